The number of hydrogen-bond acceptors (Lipinski definition) is 7. The van der Waals surface area contributed by atoms with Crippen molar-refractivity contribution in [3.63, 3.8) is 0 Å². The molecule has 0 aliphatic rings. The third-order valence-corrected chi connectivity index (χ3v) is 8.15. The van der Waals surface area contributed by atoms with E-state index >= 15 is 0 Å². The molecular formula is C33H61N7O7. The number of carbonyl (C=O) groups excluding carboxylic acids is 7. The summed E-state index contributed by atoms with van der Waals surface area (Å²) in [5.74, 6) is -2.17. The maximum Gasteiger partial charge on any atom is 0.227 e. The van der Waals surface area contributed by atoms with Gasteiger partial charge in [-0.2, -0.15) is 0 Å². The zero-order chi connectivity index (χ0) is 37.2. The molecule has 0 rings (SSSR count). The van der Waals surface area contributed by atoms with E-state index in [4.69, 9.17) is 0 Å². The van der Waals surface area contributed by atoms with Crippen molar-refractivity contribution in [3.8, 4) is 0 Å². The monoisotopic (exact) mass is 667 g/mol. The Morgan fingerprint density at radius 3 is 0.681 bits per heavy atom. The summed E-state index contributed by atoms with van der Waals surface area (Å²) in [5, 5.41) is 19.1. The molecule has 0 aromatic rings. The molecule has 0 aliphatic carbocycles. The van der Waals surface area contributed by atoms with E-state index in [1.54, 1.807) is 83.1 Å². The zero-order valence-electron chi connectivity index (χ0n) is 31.1. The van der Waals surface area contributed by atoms with Crippen molar-refractivity contribution in [1.29, 1.82) is 0 Å². The molecule has 14 nitrogen and oxygen atoms in total. The van der Waals surface area contributed by atoms with E-state index < -0.39 is 32.5 Å². The van der Waals surface area contributed by atoms with E-state index in [1.807, 2.05) is 0 Å². The van der Waals surface area contributed by atoms with Gasteiger partial charge < -0.3 is 37.2 Å². The minimum atomic E-state index is -1.02. The third-order valence-electron chi connectivity index (χ3n) is 8.15. The van der Waals surface area contributed by atoms with Gasteiger partial charge in [-0.15, -0.1) is 0 Å². The Hall–Kier alpha value is -3.71. The lowest BCUT2D eigenvalue weighted by atomic mass is 9.87. The fourth-order valence-corrected chi connectivity index (χ4v) is 3.87. The van der Waals surface area contributed by atoms with Crippen molar-refractivity contribution in [3.05, 3.63) is 0 Å². The van der Waals surface area contributed by atoms with Crippen molar-refractivity contribution in [2.75, 3.05) is 46.3 Å². The number of hydrogen-bond donors (Lipinski definition) is 7. The summed E-state index contributed by atoms with van der Waals surface area (Å²) in [6, 6.07) is 0. The molecule has 0 heterocycles. The van der Waals surface area contributed by atoms with Gasteiger partial charge in [0, 0.05) is 53.2 Å². The SMILES string of the molecule is CNC(=O)C(C)(C)CNC(=O)C(C)(C)CNC(=O)C(C)(C)CNC(=O)C(C)(C)CNC(=O)C(C)(C)CNC(=O)C(C)(C)CNC(C)=O. The summed E-state index contributed by atoms with van der Waals surface area (Å²) in [6.07, 6.45) is 0. The van der Waals surface area contributed by atoms with Crippen molar-refractivity contribution in [2.24, 2.45) is 32.5 Å². The van der Waals surface area contributed by atoms with Gasteiger partial charge in [-0.05, 0) is 83.1 Å². The molecule has 0 aromatic heterocycles. The molecule has 0 saturated heterocycles. The first-order valence-corrected chi connectivity index (χ1v) is 15.9. The summed E-state index contributed by atoms with van der Waals surface area (Å²) < 4.78 is 0. The van der Waals surface area contributed by atoms with Crippen LogP contribution >= 0.6 is 0 Å². The molecular weight excluding hydrogens is 606 g/mol. The van der Waals surface area contributed by atoms with E-state index in [1.165, 1.54) is 14.0 Å². The minimum absolute atomic E-state index is 0.00772. The molecule has 0 atom stereocenters. The Morgan fingerprint density at radius 2 is 0.511 bits per heavy atom. The molecule has 0 spiro atoms. The number of nitrogens with one attached hydrogen (secondary N) is 7. The summed E-state index contributed by atoms with van der Waals surface area (Å²) in [6.45, 7) is 22.0. The maximum atomic E-state index is 13.1. The Balaban J connectivity index is 5.01. The van der Waals surface area contributed by atoms with Crippen LogP contribution in [0.25, 0.3) is 0 Å². The normalized spacial score (nSPS) is 12.7. The highest BCUT2D eigenvalue weighted by atomic mass is 16.2. The van der Waals surface area contributed by atoms with Crippen molar-refractivity contribution in [2.45, 2.75) is 90.0 Å². The van der Waals surface area contributed by atoms with Crippen molar-refractivity contribution < 1.29 is 33.6 Å². The standard InChI is InChI=1S/C33H61N7O7/c1-21(41)35-15-29(4,5)23(43)37-17-31(8,9)25(45)39-19-33(12,13)27(47)40-20-32(10,11)26(46)38-18-30(6,7)24(44)36-16-28(2,3)22(42)34-14/h15-20H2,1-14H3,(H,34,42)(H,35,41)(H,36,44)(H,37,43)(H,38,46)(H,39,45)(H,40,47). The minimum Gasteiger partial charge on any atom is -0.359 e. The van der Waals surface area contributed by atoms with Gasteiger partial charge in [-0.25, -0.2) is 0 Å². The summed E-state index contributed by atoms with van der Waals surface area (Å²) in [4.78, 5) is 87.9. The van der Waals surface area contributed by atoms with E-state index in [9.17, 15) is 33.6 Å². The van der Waals surface area contributed by atoms with Crippen LogP contribution in [0.4, 0.5) is 0 Å². The predicted octanol–water partition coefficient (Wildman–Crippen LogP) is 0.607. The van der Waals surface area contributed by atoms with Crippen molar-refractivity contribution in [1.82, 2.24) is 37.2 Å². The molecule has 0 saturated carbocycles. The molecule has 7 amide bonds. The van der Waals surface area contributed by atoms with Crippen LogP contribution in [0, 0.1) is 32.5 Å². The maximum absolute atomic E-state index is 13.1. The topological polar surface area (TPSA) is 204 Å². The lowest BCUT2D eigenvalue weighted by Gasteiger charge is -2.32. The fourth-order valence-electron chi connectivity index (χ4n) is 3.87. The fraction of sp³-hybridized carbons (Fsp3) is 0.788. The smallest absolute Gasteiger partial charge is 0.227 e. The number of rotatable bonds is 18. The zero-order valence-corrected chi connectivity index (χ0v) is 31.1. The summed E-state index contributed by atoms with van der Waals surface area (Å²) in [5.41, 5.74) is -5.67. The second-order valence-corrected chi connectivity index (χ2v) is 16.2. The van der Waals surface area contributed by atoms with E-state index in [2.05, 4.69) is 37.2 Å². The van der Waals surface area contributed by atoms with Crippen LogP contribution in [0.1, 0.15) is 90.0 Å². The van der Waals surface area contributed by atoms with Crippen molar-refractivity contribution >= 4 is 41.4 Å². The average Bonchev–Trinajstić information content (AvgIpc) is 2.97. The van der Waals surface area contributed by atoms with E-state index in [-0.39, 0.29) is 80.6 Å². The highest BCUT2D eigenvalue weighted by Gasteiger charge is 2.37. The van der Waals surface area contributed by atoms with Gasteiger partial charge in [0.25, 0.3) is 0 Å². The van der Waals surface area contributed by atoms with Crippen LogP contribution in [-0.2, 0) is 33.6 Å². The Labute approximate surface area is 280 Å². The first kappa shape index (κ1) is 43.3. The first-order chi connectivity index (χ1) is 21.0. The van der Waals surface area contributed by atoms with Crippen LogP contribution in [0.2, 0.25) is 0 Å². The summed E-state index contributed by atoms with van der Waals surface area (Å²) in [7, 11) is 1.53. The highest BCUT2D eigenvalue weighted by molar-refractivity contribution is 5.89. The Kier molecular flexibility index (Phi) is 15.1. The molecule has 0 fully saturated rings. The predicted molar refractivity (Wildman–Crippen MR) is 180 cm³/mol. The van der Waals surface area contributed by atoms with Crippen LogP contribution in [0.5, 0.6) is 0 Å². The molecule has 47 heavy (non-hydrogen) atoms. The van der Waals surface area contributed by atoms with Gasteiger partial charge in [0.1, 0.15) is 0 Å². The van der Waals surface area contributed by atoms with Gasteiger partial charge in [0.05, 0.1) is 32.5 Å². The van der Waals surface area contributed by atoms with E-state index in [0.717, 1.165) is 0 Å². The lowest BCUT2D eigenvalue weighted by molar-refractivity contribution is -0.134. The van der Waals surface area contributed by atoms with Crippen LogP contribution in [-0.4, -0.2) is 87.7 Å². The van der Waals surface area contributed by atoms with Gasteiger partial charge >= 0.3 is 0 Å². The van der Waals surface area contributed by atoms with Gasteiger partial charge in [0.15, 0.2) is 0 Å². The van der Waals surface area contributed by atoms with Gasteiger partial charge in [0.2, 0.25) is 41.4 Å². The molecule has 7 N–H and O–H groups in total. The molecule has 0 radical (unpaired) electrons. The molecule has 0 aliphatic heterocycles. The molecule has 0 bridgehead atoms. The molecule has 0 unspecified atom stereocenters. The third kappa shape index (κ3) is 13.9. The van der Waals surface area contributed by atoms with Gasteiger partial charge in [-0.1, -0.05) is 0 Å². The largest absolute Gasteiger partial charge is 0.359 e. The second-order valence-electron chi connectivity index (χ2n) is 16.2. The number of amides is 7. The quantitative estimate of drug-likeness (QED) is 0.111. The van der Waals surface area contributed by atoms with Crippen LogP contribution < -0.4 is 37.2 Å². The summed E-state index contributed by atoms with van der Waals surface area (Å²) >= 11 is 0. The Bertz CT molecular complexity index is 1190. The highest BCUT2D eigenvalue weighted by Crippen LogP contribution is 2.22. The molecule has 0 aromatic carbocycles. The van der Waals surface area contributed by atoms with Crippen LogP contribution in [0.15, 0.2) is 0 Å². The Morgan fingerprint density at radius 1 is 0.340 bits per heavy atom. The second kappa shape index (κ2) is 16.4. The van der Waals surface area contributed by atoms with E-state index in [0.29, 0.717) is 0 Å². The molecule has 270 valence electrons. The number of carbonyl (C=O) groups is 7. The first-order valence-electron chi connectivity index (χ1n) is 15.9. The lowest BCUT2D eigenvalue weighted by Crippen LogP contribution is -2.54. The molecule has 14 heteroatoms. The van der Waals surface area contributed by atoms with Crippen LogP contribution in [0.3, 0.4) is 0 Å². The average molecular weight is 668 g/mol. The van der Waals surface area contributed by atoms with Gasteiger partial charge in [-0.3, -0.25) is 33.6 Å².